The maximum absolute atomic E-state index is 11.5. The number of unbranched alkanes of at least 4 members (excludes halogenated alkanes) is 1. The Bertz CT molecular complexity index is 545. The molecule has 1 atom stereocenters. The van der Waals surface area contributed by atoms with Crippen LogP contribution in [0, 0.1) is 17.2 Å². The first-order chi connectivity index (χ1) is 11.1. The van der Waals surface area contributed by atoms with Crippen LogP contribution in [0.15, 0.2) is 24.3 Å². The lowest BCUT2D eigenvalue weighted by Crippen LogP contribution is -2.16. The number of carbonyl (C=O) groups excluding carboxylic acids is 2. The number of aryl methyl sites for hydroxylation is 1. The van der Waals surface area contributed by atoms with Crippen LogP contribution in [-0.2, 0) is 20.7 Å². The summed E-state index contributed by atoms with van der Waals surface area (Å²) in [6.45, 7) is 4.16. The van der Waals surface area contributed by atoms with Gasteiger partial charge in [0.2, 0.25) is 0 Å². The second kappa shape index (κ2) is 10.4. The van der Waals surface area contributed by atoms with E-state index in [1.165, 1.54) is 0 Å². The fraction of sp³-hybridized carbons (Fsp3) is 0.500. The molecule has 0 saturated heterocycles. The van der Waals surface area contributed by atoms with Crippen LogP contribution in [0.1, 0.15) is 49.0 Å². The summed E-state index contributed by atoms with van der Waals surface area (Å²) in [5.74, 6) is -1.43. The third-order valence-electron chi connectivity index (χ3n) is 3.40. The Morgan fingerprint density at radius 1 is 1.09 bits per heavy atom. The summed E-state index contributed by atoms with van der Waals surface area (Å²) in [6.07, 6.45) is 2.99. The highest BCUT2D eigenvalue weighted by Crippen LogP contribution is 2.14. The van der Waals surface area contributed by atoms with Gasteiger partial charge in [-0.1, -0.05) is 18.6 Å². The van der Waals surface area contributed by atoms with Crippen LogP contribution in [0.25, 0.3) is 0 Å². The molecule has 0 spiro atoms. The van der Waals surface area contributed by atoms with Crippen molar-refractivity contribution in [1.82, 2.24) is 0 Å². The summed E-state index contributed by atoms with van der Waals surface area (Å²) in [4.78, 5) is 23.0. The maximum Gasteiger partial charge on any atom is 0.338 e. The average molecular weight is 317 g/mol. The van der Waals surface area contributed by atoms with Crippen LogP contribution in [0.3, 0.4) is 0 Å². The van der Waals surface area contributed by atoms with E-state index < -0.39 is 11.9 Å². The SMILES string of the molecule is CCOC(=O)c1ccc(CCCCC(C#N)C(=O)OCC)cc1. The number of rotatable bonds is 9. The Kier molecular flexibility index (Phi) is 8.45. The van der Waals surface area contributed by atoms with Crippen molar-refractivity contribution in [3.63, 3.8) is 0 Å². The topological polar surface area (TPSA) is 76.4 Å². The first kappa shape index (κ1) is 18.7. The molecule has 124 valence electrons. The quantitative estimate of drug-likeness (QED) is 0.516. The van der Waals surface area contributed by atoms with Gasteiger partial charge in [-0.15, -0.1) is 0 Å². The third-order valence-corrected chi connectivity index (χ3v) is 3.40. The van der Waals surface area contributed by atoms with Crippen LogP contribution >= 0.6 is 0 Å². The number of nitrogens with zero attached hydrogens (tertiary/aromatic N) is 1. The van der Waals surface area contributed by atoms with Gasteiger partial charge in [0.15, 0.2) is 0 Å². The van der Waals surface area contributed by atoms with Crippen LogP contribution < -0.4 is 0 Å². The number of benzene rings is 1. The first-order valence-corrected chi connectivity index (χ1v) is 7.94. The summed E-state index contributed by atoms with van der Waals surface area (Å²) < 4.78 is 9.79. The van der Waals surface area contributed by atoms with Gasteiger partial charge < -0.3 is 9.47 Å². The maximum atomic E-state index is 11.5. The number of nitriles is 1. The Balaban J connectivity index is 2.37. The molecule has 0 radical (unpaired) electrons. The molecule has 0 N–H and O–H groups in total. The Morgan fingerprint density at radius 2 is 1.74 bits per heavy atom. The minimum atomic E-state index is -0.679. The molecule has 23 heavy (non-hydrogen) atoms. The zero-order valence-electron chi connectivity index (χ0n) is 13.7. The molecule has 1 aromatic rings. The zero-order chi connectivity index (χ0) is 17.1. The van der Waals surface area contributed by atoms with E-state index in [1.807, 2.05) is 18.2 Å². The predicted octanol–water partition coefficient (Wildman–Crippen LogP) is 3.28. The van der Waals surface area contributed by atoms with Crippen molar-refractivity contribution in [3.05, 3.63) is 35.4 Å². The molecule has 5 heteroatoms. The number of ether oxygens (including phenoxy) is 2. The van der Waals surface area contributed by atoms with Gasteiger partial charge in [0.05, 0.1) is 24.8 Å². The molecule has 1 rings (SSSR count). The average Bonchev–Trinajstić information content (AvgIpc) is 2.56. The molecular formula is C18H23NO4. The molecule has 0 aliphatic heterocycles. The normalized spacial score (nSPS) is 11.3. The van der Waals surface area contributed by atoms with E-state index in [2.05, 4.69) is 0 Å². The Hall–Kier alpha value is -2.35. The molecule has 0 aliphatic carbocycles. The summed E-state index contributed by atoms with van der Waals surface area (Å²) in [6, 6.07) is 9.30. The van der Waals surface area contributed by atoms with Gasteiger partial charge in [0, 0.05) is 0 Å². The van der Waals surface area contributed by atoms with Gasteiger partial charge in [-0.05, 0) is 50.8 Å². The molecule has 0 fully saturated rings. The largest absolute Gasteiger partial charge is 0.465 e. The van der Waals surface area contributed by atoms with Crippen LogP contribution in [0.5, 0.6) is 0 Å². The molecule has 0 saturated carbocycles. The summed E-state index contributed by atoms with van der Waals surface area (Å²) in [5, 5.41) is 8.97. The minimum absolute atomic E-state index is 0.295. The van der Waals surface area contributed by atoms with Gasteiger partial charge in [-0.3, -0.25) is 4.79 Å². The molecule has 0 aliphatic rings. The van der Waals surface area contributed by atoms with Gasteiger partial charge in [-0.2, -0.15) is 5.26 Å². The van der Waals surface area contributed by atoms with E-state index in [0.717, 1.165) is 24.8 Å². The number of carbonyl (C=O) groups is 2. The van der Waals surface area contributed by atoms with Crippen molar-refractivity contribution in [2.24, 2.45) is 5.92 Å². The molecule has 0 aromatic heterocycles. The van der Waals surface area contributed by atoms with Crippen molar-refractivity contribution in [2.45, 2.75) is 39.5 Å². The van der Waals surface area contributed by atoms with Gasteiger partial charge in [0.25, 0.3) is 0 Å². The fourth-order valence-corrected chi connectivity index (χ4v) is 2.18. The molecule has 5 nitrogen and oxygen atoms in total. The highest BCUT2D eigenvalue weighted by atomic mass is 16.5. The molecule has 0 bridgehead atoms. The zero-order valence-corrected chi connectivity index (χ0v) is 13.7. The first-order valence-electron chi connectivity index (χ1n) is 7.94. The van der Waals surface area contributed by atoms with Crippen molar-refractivity contribution in [2.75, 3.05) is 13.2 Å². The van der Waals surface area contributed by atoms with Gasteiger partial charge in [-0.25, -0.2) is 4.79 Å². The monoisotopic (exact) mass is 317 g/mol. The Labute approximate surface area is 137 Å². The van der Waals surface area contributed by atoms with Crippen LogP contribution in [-0.4, -0.2) is 25.2 Å². The second-order valence-electron chi connectivity index (χ2n) is 5.10. The van der Waals surface area contributed by atoms with E-state index in [-0.39, 0.29) is 5.97 Å². The lowest BCUT2D eigenvalue weighted by atomic mass is 10.0. The van der Waals surface area contributed by atoms with Crippen LogP contribution in [0.2, 0.25) is 0 Å². The number of hydrogen-bond acceptors (Lipinski definition) is 5. The lowest BCUT2D eigenvalue weighted by Gasteiger charge is -2.08. The summed E-state index contributed by atoms with van der Waals surface area (Å²) >= 11 is 0. The standard InChI is InChI=1S/C18H23NO4/c1-3-22-17(20)15-11-9-14(10-12-15)7-5-6-8-16(13-19)18(21)23-4-2/h9-12,16H,3-8H2,1-2H3. The lowest BCUT2D eigenvalue weighted by molar-refractivity contribution is -0.146. The van der Waals surface area contributed by atoms with E-state index in [9.17, 15) is 9.59 Å². The van der Waals surface area contributed by atoms with E-state index in [1.54, 1.807) is 26.0 Å². The summed E-state index contributed by atoms with van der Waals surface area (Å²) in [7, 11) is 0. The van der Waals surface area contributed by atoms with Crippen molar-refractivity contribution in [1.29, 1.82) is 5.26 Å². The van der Waals surface area contributed by atoms with E-state index in [4.69, 9.17) is 14.7 Å². The smallest absolute Gasteiger partial charge is 0.338 e. The molecule has 1 unspecified atom stereocenters. The summed E-state index contributed by atoms with van der Waals surface area (Å²) in [5.41, 5.74) is 1.66. The van der Waals surface area contributed by atoms with Crippen molar-refractivity contribution >= 4 is 11.9 Å². The minimum Gasteiger partial charge on any atom is -0.465 e. The van der Waals surface area contributed by atoms with E-state index >= 15 is 0 Å². The van der Waals surface area contributed by atoms with Gasteiger partial charge in [0.1, 0.15) is 5.92 Å². The molecule has 0 amide bonds. The molecular weight excluding hydrogens is 294 g/mol. The predicted molar refractivity (Wildman–Crippen MR) is 85.7 cm³/mol. The highest BCUT2D eigenvalue weighted by molar-refractivity contribution is 5.89. The number of esters is 2. The molecule has 1 aromatic carbocycles. The highest BCUT2D eigenvalue weighted by Gasteiger charge is 2.18. The number of hydrogen-bond donors (Lipinski definition) is 0. The van der Waals surface area contributed by atoms with Crippen molar-refractivity contribution in [3.8, 4) is 6.07 Å². The van der Waals surface area contributed by atoms with E-state index in [0.29, 0.717) is 25.2 Å². The third kappa shape index (κ3) is 6.52. The molecule has 0 heterocycles. The second-order valence-corrected chi connectivity index (χ2v) is 5.10. The fourth-order valence-electron chi connectivity index (χ4n) is 2.18. The Morgan fingerprint density at radius 3 is 2.30 bits per heavy atom. The van der Waals surface area contributed by atoms with Crippen molar-refractivity contribution < 1.29 is 19.1 Å². The van der Waals surface area contributed by atoms with Gasteiger partial charge >= 0.3 is 11.9 Å². The van der Waals surface area contributed by atoms with Crippen LogP contribution in [0.4, 0.5) is 0 Å².